The van der Waals surface area contributed by atoms with Crippen LogP contribution >= 0.6 is 0 Å². The summed E-state index contributed by atoms with van der Waals surface area (Å²) in [6.07, 6.45) is 7.06. The van der Waals surface area contributed by atoms with Crippen LogP contribution in [0.5, 0.6) is 5.75 Å². The van der Waals surface area contributed by atoms with Crippen molar-refractivity contribution in [1.29, 1.82) is 0 Å². The van der Waals surface area contributed by atoms with E-state index in [2.05, 4.69) is 52.7 Å². The SMILES string of the molecule is Oc1ccc2c(c1)CCC1=C2N(c2ccccc2)C2NCCCC2=C1. The Labute approximate surface area is 148 Å². The first-order valence-corrected chi connectivity index (χ1v) is 9.15. The van der Waals surface area contributed by atoms with Crippen molar-refractivity contribution in [2.24, 2.45) is 0 Å². The zero-order valence-corrected chi connectivity index (χ0v) is 14.2. The van der Waals surface area contributed by atoms with E-state index in [4.69, 9.17) is 0 Å². The number of aromatic hydroxyl groups is 1. The second kappa shape index (κ2) is 5.78. The lowest BCUT2D eigenvalue weighted by Crippen LogP contribution is -2.51. The number of para-hydroxylation sites is 1. The predicted molar refractivity (Wildman–Crippen MR) is 101 cm³/mol. The molecule has 0 amide bonds. The number of hydrogen-bond acceptors (Lipinski definition) is 3. The first kappa shape index (κ1) is 14.8. The van der Waals surface area contributed by atoms with Gasteiger partial charge in [-0.3, -0.25) is 5.32 Å². The Bertz CT molecular complexity index is 882. The van der Waals surface area contributed by atoms with Gasteiger partial charge in [-0.25, -0.2) is 0 Å². The molecule has 2 N–H and O–H groups in total. The van der Waals surface area contributed by atoms with E-state index in [1.54, 1.807) is 0 Å². The van der Waals surface area contributed by atoms with Gasteiger partial charge in [0.05, 0.1) is 5.70 Å². The highest BCUT2D eigenvalue weighted by atomic mass is 16.3. The summed E-state index contributed by atoms with van der Waals surface area (Å²) < 4.78 is 0. The fourth-order valence-corrected chi connectivity index (χ4v) is 4.43. The highest BCUT2D eigenvalue weighted by Crippen LogP contribution is 2.44. The maximum Gasteiger partial charge on any atom is 0.115 e. The molecule has 1 fully saturated rings. The number of aryl methyl sites for hydroxylation is 1. The number of phenolic OH excluding ortho intramolecular Hbond substituents is 1. The summed E-state index contributed by atoms with van der Waals surface area (Å²) in [5.41, 5.74) is 7.95. The van der Waals surface area contributed by atoms with Crippen LogP contribution in [-0.2, 0) is 6.42 Å². The number of phenols is 1. The number of allylic oxidation sites excluding steroid dienone is 2. The quantitative estimate of drug-likeness (QED) is 0.822. The van der Waals surface area contributed by atoms with Crippen LogP contribution in [0.3, 0.4) is 0 Å². The molecular weight excluding hydrogens is 308 g/mol. The van der Waals surface area contributed by atoms with Gasteiger partial charge in [0.1, 0.15) is 11.9 Å². The number of piperidine rings is 1. The van der Waals surface area contributed by atoms with Crippen LogP contribution in [0.25, 0.3) is 5.70 Å². The molecule has 3 heteroatoms. The summed E-state index contributed by atoms with van der Waals surface area (Å²) in [7, 11) is 0. The maximum atomic E-state index is 9.90. The largest absolute Gasteiger partial charge is 0.508 e. The standard InChI is InChI=1S/C22H22N2O/c25-19-10-11-20-15(14-19)8-9-16-13-17-5-4-12-23-22(17)24(21(16)20)18-6-2-1-3-7-18/h1-3,6-7,10-11,13-14,22-23,25H,4-5,8-9,12H2. The fourth-order valence-electron chi connectivity index (χ4n) is 4.43. The van der Waals surface area contributed by atoms with Crippen molar-refractivity contribution in [3.8, 4) is 5.75 Å². The van der Waals surface area contributed by atoms with Crippen molar-refractivity contribution >= 4 is 11.4 Å². The summed E-state index contributed by atoms with van der Waals surface area (Å²) in [6.45, 7) is 1.05. The highest BCUT2D eigenvalue weighted by molar-refractivity contribution is 5.88. The van der Waals surface area contributed by atoms with Gasteiger partial charge in [0, 0.05) is 11.3 Å². The summed E-state index contributed by atoms with van der Waals surface area (Å²) >= 11 is 0. The number of nitrogens with one attached hydrogen (secondary N) is 1. The van der Waals surface area contributed by atoms with Gasteiger partial charge in [-0.2, -0.15) is 0 Å². The van der Waals surface area contributed by atoms with Gasteiger partial charge in [-0.15, -0.1) is 0 Å². The van der Waals surface area contributed by atoms with Crippen LogP contribution in [0.15, 0.2) is 65.8 Å². The third kappa shape index (κ3) is 2.38. The van der Waals surface area contributed by atoms with Gasteiger partial charge in [0.25, 0.3) is 0 Å². The number of nitrogens with zero attached hydrogens (tertiary/aromatic N) is 1. The molecule has 2 aliphatic heterocycles. The van der Waals surface area contributed by atoms with Crippen molar-refractivity contribution in [3.63, 3.8) is 0 Å². The molecule has 0 aromatic heterocycles. The van der Waals surface area contributed by atoms with Gasteiger partial charge in [0.15, 0.2) is 0 Å². The smallest absolute Gasteiger partial charge is 0.115 e. The molecule has 0 saturated carbocycles. The summed E-state index contributed by atoms with van der Waals surface area (Å²) in [6, 6.07) is 16.5. The second-order valence-corrected chi connectivity index (χ2v) is 7.10. The Hall–Kier alpha value is -2.52. The molecule has 126 valence electrons. The van der Waals surface area contributed by atoms with Gasteiger partial charge in [-0.1, -0.05) is 24.3 Å². The molecule has 3 aliphatic rings. The lowest BCUT2D eigenvalue weighted by Gasteiger charge is -2.45. The first-order chi connectivity index (χ1) is 12.3. The lowest BCUT2D eigenvalue weighted by atomic mass is 9.83. The minimum Gasteiger partial charge on any atom is -0.508 e. The van der Waals surface area contributed by atoms with E-state index in [0.717, 1.165) is 19.4 Å². The Balaban J connectivity index is 1.73. The second-order valence-electron chi connectivity index (χ2n) is 7.10. The topological polar surface area (TPSA) is 35.5 Å². The van der Waals surface area contributed by atoms with Gasteiger partial charge in [0.2, 0.25) is 0 Å². The zero-order valence-electron chi connectivity index (χ0n) is 14.2. The number of rotatable bonds is 1. The Kier molecular flexibility index (Phi) is 3.42. The zero-order chi connectivity index (χ0) is 16.8. The van der Waals surface area contributed by atoms with E-state index < -0.39 is 0 Å². The number of hydrogen-bond donors (Lipinski definition) is 2. The van der Waals surface area contributed by atoms with Crippen molar-refractivity contribution < 1.29 is 5.11 Å². The molecule has 2 aromatic carbocycles. The van der Waals surface area contributed by atoms with Gasteiger partial charge < -0.3 is 10.0 Å². The predicted octanol–water partition coefficient (Wildman–Crippen LogP) is 4.21. The van der Waals surface area contributed by atoms with Gasteiger partial charge in [-0.05, 0) is 79.3 Å². The molecule has 0 radical (unpaired) electrons. The van der Waals surface area contributed by atoms with E-state index in [-0.39, 0.29) is 6.17 Å². The van der Waals surface area contributed by atoms with Crippen LogP contribution in [0.1, 0.15) is 30.4 Å². The van der Waals surface area contributed by atoms with E-state index in [1.807, 2.05) is 12.1 Å². The Morgan fingerprint density at radius 2 is 1.88 bits per heavy atom. The maximum absolute atomic E-state index is 9.90. The van der Waals surface area contributed by atoms with E-state index in [1.165, 1.54) is 46.5 Å². The number of anilines is 1. The fraction of sp³-hybridized carbons (Fsp3) is 0.273. The van der Waals surface area contributed by atoms with Crippen LogP contribution in [0.4, 0.5) is 5.69 Å². The Morgan fingerprint density at radius 3 is 2.76 bits per heavy atom. The average Bonchev–Trinajstić information content (AvgIpc) is 2.66. The van der Waals surface area contributed by atoms with E-state index in [9.17, 15) is 5.11 Å². The third-order valence-corrected chi connectivity index (χ3v) is 5.54. The molecule has 1 saturated heterocycles. The average molecular weight is 330 g/mol. The highest BCUT2D eigenvalue weighted by Gasteiger charge is 2.35. The minimum absolute atomic E-state index is 0.231. The lowest BCUT2D eigenvalue weighted by molar-refractivity contribution is 0.474. The first-order valence-electron chi connectivity index (χ1n) is 9.15. The molecule has 1 aliphatic carbocycles. The number of fused-ring (bicyclic) bond motifs is 3. The molecule has 0 bridgehead atoms. The van der Waals surface area contributed by atoms with Gasteiger partial charge >= 0.3 is 0 Å². The molecule has 1 atom stereocenters. The molecule has 2 heterocycles. The monoisotopic (exact) mass is 330 g/mol. The van der Waals surface area contributed by atoms with E-state index >= 15 is 0 Å². The summed E-state index contributed by atoms with van der Waals surface area (Å²) in [5, 5.41) is 13.6. The van der Waals surface area contributed by atoms with E-state index in [0.29, 0.717) is 5.75 Å². The minimum atomic E-state index is 0.231. The van der Waals surface area contributed by atoms with Crippen LogP contribution < -0.4 is 10.2 Å². The number of benzene rings is 2. The van der Waals surface area contributed by atoms with Crippen molar-refractivity contribution in [3.05, 3.63) is 76.9 Å². The molecule has 2 aromatic rings. The molecule has 3 nitrogen and oxygen atoms in total. The van der Waals surface area contributed by atoms with Crippen LogP contribution in [0.2, 0.25) is 0 Å². The third-order valence-electron chi connectivity index (χ3n) is 5.54. The van der Waals surface area contributed by atoms with Crippen molar-refractivity contribution in [2.75, 3.05) is 11.4 Å². The molecule has 25 heavy (non-hydrogen) atoms. The van der Waals surface area contributed by atoms with Crippen molar-refractivity contribution in [2.45, 2.75) is 31.8 Å². The molecule has 5 rings (SSSR count). The Morgan fingerprint density at radius 1 is 1.00 bits per heavy atom. The van der Waals surface area contributed by atoms with Crippen LogP contribution in [0, 0.1) is 0 Å². The molecule has 0 spiro atoms. The molecule has 1 unspecified atom stereocenters. The van der Waals surface area contributed by atoms with Crippen molar-refractivity contribution in [1.82, 2.24) is 5.32 Å². The van der Waals surface area contributed by atoms with Crippen LogP contribution in [-0.4, -0.2) is 17.8 Å². The molecular formula is C22H22N2O. The summed E-state index contributed by atoms with van der Waals surface area (Å²) in [4.78, 5) is 2.47. The summed E-state index contributed by atoms with van der Waals surface area (Å²) in [5.74, 6) is 0.358. The normalized spacial score (nSPS) is 22.0.